The number of ether oxygens (including phenoxy) is 1. The number of thiophene rings is 1. The molecule has 0 aromatic carbocycles. The van der Waals surface area contributed by atoms with Crippen molar-refractivity contribution in [3.63, 3.8) is 0 Å². The minimum absolute atomic E-state index is 0.281. The Morgan fingerprint density at radius 1 is 1.47 bits per heavy atom. The van der Waals surface area contributed by atoms with E-state index in [1.807, 2.05) is 0 Å². The number of halogens is 3. The van der Waals surface area contributed by atoms with Crippen LogP contribution < -0.4 is 5.32 Å². The van der Waals surface area contributed by atoms with Crippen LogP contribution in [0.2, 0.25) is 0 Å². The van der Waals surface area contributed by atoms with Crippen LogP contribution in [0.3, 0.4) is 0 Å². The third kappa shape index (κ3) is 7.97. The molecule has 2 nitrogen and oxygen atoms in total. The molecule has 0 saturated heterocycles. The Labute approximate surface area is 125 Å². The highest BCUT2D eigenvalue weighted by molar-refractivity contribution is 9.10. The maximum Gasteiger partial charge on any atom is 0.261 e. The fourth-order valence-electron chi connectivity index (χ4n) is 1.73. The summed E-state index contributed by atoms with van der Waals surface area (Å²) in [6.45, 7) is 2.95. The highest BCUT2D eigenvalue weighted by Crippen LogP contribution is 2.21. The largest absolute Gasteiger partial charge is 0.375 e. The highest BCUT2D eigenvalue weighted by Gasteiger charge is 2.11. The van der Waals surface area contributed by atoms with Crippen molar-refractivity contribution in [2.75, 3.05) is 19.8 Å². The van der Waals surface area contributed by atoms with Gasteiger partial charge in [0.05, 0.1) is 0 Å². The Hall–Kier alpha value is -0.0400. The molecular formula is C13H20BrF2NOS. The Bertz CT molecular complexity index is 349. The number of hydrogen-bond donors (Lipinski definition) is 1. The summed E-state index contributed by atoms with van der Waals surface area (Å²) in [6.07, 6.45) is 0.342. The van der Waals surface area contributed by atoms with E-state index in [9.17, 15) is 8.78 Å². The smallest absolute Gasteiger partial charge is 0.261 e. The topological polar surface area (TPSA) is 21.3 Å². The van der Waals surface area contributed by atoms with Gasteiger partial charge in [0.25, 0.3) is 6.43 Å². The summed E-state index contributed by atoms with van der Waals surface area (Å²) in [6, 6.07) is 2.38. The molecule has 6 heteroatoms. The summed E-state index contributed by atoms with van der Waals surface area (Å²) >= 11 is 5.14. The molecule has 1 aromatic rings. The second kappa shape index (κ2) is 9.80. The average molecular weight is 356 g/mol. The Morgan fingerprint density at radius 2 is 2.26 bits per heavy atom. The van der Waals surface area contributed by atoms with Gasteiger partial charge in [-0.1, -0.05) is 6.92 Å². The molecule has 1 unspecified atom stereocenters. The molecule has 1 aromatic heterocycles. The van der Waals surface area contributed by atoms with Gasteiger partial charge in [0.15, 0.2) is 0 Å². The molecule has 0 bridgehead atoms. The quantitative estimate of drug-likeness (QED) is 0.638. The summed E-state index contributed by atoms with van der Waals surface area (Å²) < 4.78 is 30.0. The van der Waals surface area contributed by atoms with Crippen LogP contribution in [-0.2, 0) is 11.2 Å². The van der Waals surface area contributed by atoms with Gasteiger partial charge in [0.1, 0.15) is 6.61 Å². The number of hydrogen-bond acceptors (Lipinski definition) is 3. The standard InChI is InChI=1S/C13H20BrF2NOS/c1-2-4-17-11(3-5-18-8-13(15)16)7-12-6-10(14)9-19-12/h6,9,11,13,17H,2-5,7-8H2,1H3. The van der Waals surface area contributed by atoms with Gasteiger partial charge >= 0.3 is 0 Å². The van der Waals surface area contributed by atoms with Crippen molar-refractivity contribution in [3.05, 3.63) is 20.8 Å². The monoisotopic (exact) mass is 355 g/mol. The first kappa shape index (κ1) is 17.0. The third-order valence-electron chi connectivity index (χ3n) is 2.61. The van der Waals surface area contributed by atoms with Crippen LogP contribution in [0, 0.1) is 0 Å². The first-order valence-corrected chi connectivity index (χ1v) is 8.11. The van der Waals surface area contributed by atoms with E-state index in [-0.39, 0.29) is 6.04 Å². The first-order chi connectivity index (χ1) is 9.11. The van der Waals surface area contributed by atoms with Gasteiger partial charge in [-0.2, -0.15) is 0 Å². The van der Waals surface area contributed by atoms with Gasteiger partial charge in [0, 0.05) is 27.4 Å². The van der Waals surface area contributed by atoms with E-state index in [0.717, 1.165) is 30.3 Å². The minimum atomic E-state index is -2.38. The van der Waals surface area contributed by atoms with Gasteiger partial charge in [-0.15, -0.1) is 11.3 Å². The van der Waals surface area contributed by atoms with Crippen LogP contribution in [-0.4, -0.2) is 32.2 Å². The van der Waals surface area contributed by atoms with Crippen molar-refractivity contribution in [3.8, 4) is 0 Å². The molecule has 1 heterocycles. The van der Waals surface area contributed by atoms with E-state index in [2.05, 4.69) is 39.6 Å². The summed E-state index contributed by atoms with van der Waals surface area (Å²) in [5, 5.41) is 5.49. The van der Waals surface area contributed by atoms with Gasteiger partial charge in [-0.25, -0.2) is 8.78 Å². The zero-order valence-corrected chi connectivity index (χ0v) is 13.4. The molecule has 110 valence electrons. The molecule has 0 spiro atoms. The fraction of sp³-hybridized carbons (Fsp3) is 0.692. The third-order valence-corrected chi connectivity index (χ3v) is 4.33. The maximum atomic E-state index is 12.0. The van der Waals surface area contributed by atoms with Crippen LogP contribution >= 0.6 is 27.3 Å². The number of nitrogens with one attached hydrogen (secondary N) is 1. The normalized spacial score (nSPS) is 13.1. The molecule has 0 radical (unpaired) electrons. The van der Waals surface area contributed by atoms with Crippen molar-refractivity contribution >= 4 is 27.3 Å². The van der Waals surface area contributed by atoms with Crippen LogP contribution in [0.4, 0.5) is 8.78 Å². The number of rotatable bonds is 10. The van der Waals surface area contributed by atoms with Crippen LogP contribution in [0.15, 0.2) is 15.9 Å². The molecular weight excluding hydrogens is 336 g/mol. The van der Waals surface area contributed by atoms with Gasteiger partial charge in [-0.3, -0.25) is 0 Å². The zero-order valence-electron chi connectivity index (χ0n) is 11.0. The SMILES string of the molecule is CCCNC(CCOCC(F)F)Cc1cc(Br)cs1. The highest BCUT2D eigenvalue weighted by atomic mass is 79.9. The zero-order chi connectivity index (χ0) is 14.1. The van der Waals surface area contributed by atoms with Gasteiger partial charge < -0.3 is 10.1 Å². The molecule has 0 aliphatic heterocycles. The molecule has 0 fully saturated rings. The lowest BCUT2D eigenvalue weighted by atomic mass is 10.1. The maximum absolute atomic E-state index is 12.0. The van der Waals surface area contributed by atoms with Crippen LogP contribution in [0.25, 0.3) is 0 Å². The fourth-order valence-corrected chi connectivity index (χ4v) is 3.26. The van der Waals surface area contributed by atoms with E-state index in [1.165, 1.54) is 4.88 Å². The Balaban J connectivity index is 2.33. The van der Waals surface area contributed by atoms with Crippen LogP contribution in [0.5, 0.6) is 0 Å². The Kier molecular flexibility index (Phi) is 8.77. The Morgan fingerprint density at radius 3 is 2.84 bits per heavy atom. The van der Waals surface area contributed by atoms with Crippen molar-refractivity contribution in [2.45, 2.75) is 38.7 Å². The van der Waals surface area contributed by atoms with E-state index in [4.69, 9.17) is 4.74 Å². The van der Waals surface area contributed by atoms with Gasteiger partial charge in [-0.05, 0) is 47.8 Å². The molecule has 1 atom stereocenters. The summed E-state index contributed by atoms with van der Waals surface area (Å²) in [5.41, 5.74) is 0. The molecule has 1 N–H and O–H groups in total. The van der Waals surface area contributed by atoms with Crippen molar-refractivity contribution in [1.29, 1.82) is 0 Å². The van der Waals surface area contributed by atoms with Gasteiger partial charge in [0.2, 0.25) is 0 Å². The molecule has 0 aliphatic rings. The molecule has 19 heavy (non-hydrogen) atoms. The molecule has 0 saturated carbocycles. The van der Waals surface area contributed by atoms with Crippen molar-refractivity contribution < 1.29 is 13.5 Å². The summed E-state index contributed by atoms with van der Waals surface area (Å²) in [4.78, 5) is 1.29. The summed E-state index contributed by atoms with van der Waals surface area (Å²) in [7, 11) is 0. The molecule has 0 aliphatic carbocycles. The second-order valence-corrected chi connectivity index (χ2v) is 6.25. The lowest BCUT2D eigenvalue weighted by Gasteiger charge is -2.17. The number of alkyl halides is 2. The molecule has 0 amide bonds. The van der Waals surface area contributed by atoms with Crippen molar-refractivity contribution in [2.24, 2.45) is 0 Å². The predicted octanol–water partition coefficient (Wildman–Crippen LogP) is 4.09. The lowest BCUT2D eigenvalue weighted by Crippen LogP contribution is -2.33. The van der Waals surface area contributed by atoms with E-state index in [1.54, 1.807) is 11.3 Å². The first-order valence-electron chi connectivity index (χ1n) is 6.44. The summed E-state index contributed by atoms with van der Waals surface area (Å²) in [5.74, 6) is 0. The average Bonchev–Trinajstić information content (AvgIpc) is 2.76. The van der Waals surface area contributed by atoms with Crippen LogP contribution in [0.1, 0.15) is 24.6 Å². The van der Waals surface area contributed by atoms with E-state index in [0.29, 0.717) is 6.61 Å². The second-order valence-electron chi connectivity index (χ2n) is 4.34. The molecule has 1 rings (SSSR count). The minimum Gasteiger partial charge on any atom is -0.375 e. The van der Waals surface area contributed by atoms with E-state index < -0.39 is 13.0 Å². The lowest BCUT2D eigenvalue weighted by molar-refractivity contribution is 0.0144. The van der Waals surface area contributed by atoms with Crippen molar-refractivity contribution in [1.82, 2.24) is 5.32 Å². The van der Waals surface area contributed by atoms with E-state index >= 15 is 0 Å². The predicted molar refractivity (Wildman–Crippen MR) is 79.2 cm³/mol.